The molecule has 2 N–H and O–H groups in total. The fourth-order valence-corrected chi connectivity index (χ4v) is 2.59. The zero-order chi connectivity index (χ0) is 18.6. The molecule has 0 spiro atoms. The molecule has 0 heterocycles. The van der Waals surface area contributed by atoms with E-state index in [1.54, 1.807) is 27.7 Å². The van der Waals surface area contributed by atoms with Crippen molar-refractivity contribution in [2.24, 2.45) is 0 Å². The Labute approximate surface area is 148 Å². The molecular formula is C20H26N2O3. The summed E-state index contributed by atoms with van der Waals surface area (Å²) in [4.78, 5) is 24.2. The summed E-state index contributed by atoms with van der Waals surface area (Å²) in [5, 5.41) is 7.73. The number of amides is 2. The van der Waals surface area contributed by atoms with Gasteiger partial charge in [0.1, 0.15) is 11.6 Å². The monoisotopic (exact) mass is 342 g/mol. The number of hydrogen-bond acceptors (Lipinski definition) is 3. The maximum absolute atomic E-state index is 12.4. The summed E-state index contributed by atoms with van der Waals surface area (Å²) < 4.78 is 5.18. The largest absolute Gasteiger partial charge is 0.444 e. The molecular weight excluding hydrogens is 316 g/mol. The van der Waals surface area contributed by atoms with Crippen molar-refractivity contribution in [2.75, 3.05) is 0 Å². The van der Waals surface area contributed by atoms with Crippen molar-refractivity contribution in [1.29, 1.82) is 0 Å². The zero-order valence-corrected chi connectivity index (χ0v) is 15.4. The molecule has 134 valence electrons. The minimum Gasteiger partial charge on any atom is -0.444 e. The van der Waals surface area contributed by atoms with E-state index in [1.165, 1.54) is 0 Å². The van der Waals surface area contributed by atoms with Crippen LogP contribution in [0, 0.1) is 0 Å². The molecule has 0 aliphatic heterocycles. The Morgan fingerprint density at radius 3 is 2.28 bits per heavy atom. The van der Waals surface area contributed by atoms with Crippen molar-refractivity contribution in [3.63, 3.8) is 0 Å². The second-order valence-corrected chi connectivity index (χ2v) is 7.17. The van der Waals surface area contributed by atoms with E-state index >= 15 is 0 Å². The molecule has 0 fully saturated rings. The molecule has 2 aromatic rings. The molecule has 0 aliphatic rings. The van der Waals surface area contributed by atoms with Gasteiger partial charge in [0.25, 0.3) is 0 Å². The first-order chi connectivity index (χ1) is 11.7. The molecule has 2 rings (SSSR count). The predicted molar refractivity (Wildman–Crippen MR) is 99.3 cm³/mol. The first-order valence-corrected chi connectivity index (χ1v) is 8.45. The Balaban J connectivity index is 2.03. The number of fused-ring (bicyclic) bond motifs is 1. The highest BCUT2D eigenvalue weighted by atomic mass is 16.6. The Bertz CT molecular complexity index is 760. The van der Waals surface area contributed by atoms with Gasteiger partial charge in [-0.05, 0) is 51.0 Å². The molecule has 0 aliphatic carbocycles. The van der Waals surface area contributed by atoms with Gasteiger partial charge in [-0.3, -0.25) is 4.79 Å². The summed E-state index contributed by atoms with van der Waals surface area (Å²) in [5.74, 6) is -0.258. The standard InChI is InChI=1S/C20H26N2O3/c1-13(16-12-8-10-15-9-6-7-11-17(15)16)21-18(23)14(2)22-19(24)25-20(3,4)5/h6-14H,1-5H3,(H,21,23)(H,22,24)/t13?,14-/m1/s1. The molecule has 5 nitrogen and oxygen atoms in total. The van der Waals surface area contributed by atoms with E-state index in [-0.39, 0.29) is 11.9 Å². The van der Waals surface area contributed by atoms with Crippen LogP contribution in [0.4, 0.5) is 4.79 Å². The van der Waals surface area contributed by atoms with E-state index in [4.69, 9.17) is 4.74 Å². The average molecular weight is 342 g/mol. The third kappa shape index (κ3) is 5.21. The van der Waals surface area contributed by atoms with Gasteiger partial charge in [0.2, 0.25) is 5.91 Å². The maximum Gasteiger partial charge on any atom is 0.408 e. The fraction of sp³-hybridized carbons (Fsp3) is 0.400. The van der Waals surface area contributed by atoms with Crippen molar-refractivity contribution >= 4 is 22.8 Å². The summed E-state index contributed by atoms with van der Waals surface area (Å²) in [7, 11) is 0. The normalized spacial score (nSPS) is 13.8. The quantitative estimate of drug-likeness (QED) is 0.884. The topological polar surface area (TPSA) is 67.4 Å². The molecule has 2 amide bonds. The van der Waals surface area contributed by atoms with Crippen LogP contribution in [0.3, 0.4) is 0 Å². The van der Waals surface area contributed by atoms with Crippen molar-refractivity contribution in [1.82, 2.24) is 10.6 Å². The second-order valence-electron chi connectivity index (χ2n) is 7.17. The molecule has 2 atom stereocenters. The summed E-state index contributed by atoms with van der Waals surface area (Å²) >= 11 is 0. The van der Waals surface area contributed by atoms with Crippen LogP contribution in [0.5, 0.6) is 0 Å². The second kappa shape index (κ2) is 7.55. The lowest BCUT2D eigenvalue weighted by Gasteiger charge is -2.23. The first kappa shape index (κ1) is 18.8. The lowest BCUT2D eigenvalue weighted by molar-refractivity contribution is -0.123. The minimum atomic E-state index is -0.688. The molecule has 0 saturated carbocycles. The predicted octanol–water partition coefficient (Wildman–Crippen LogP) is 3.93. The summed E-state index contributed by atoms with van der Waals surface area (Å²) in [5.41, 5.74) is 0.437. The van der Waals surface area contributed by atoms with Gasteiger partial charge in [-0.1, -0.05) is 42.5 Å². The van der Waals surface area contributed by atoms with E-state index in [1.807, 2.05) is 49.4 Å². The molecule has 0 saturated heterocycles. The smallest absolute Gasteiger partial charge is 0.408 e. The molecule has 0 radical (unpaired) electrons. The molecule has 25 heavy (non-hydrogen) atoms. The number of carbonyl (C=O) groups excluding carboxylic acids is 2. The Kier molecular flexibility index (Phi) is 5.67. The number of hydrogen-bond donors (Lipinski definition) is 2. The summed E-state index contributed by atoms with van der Waals surface area (Å²) in [6, 6.07) is 13.2. The van der Waals surface area contributed by atoms with Crippen molar-refractivity contribution in [3.05, 3.63) is 48.0 Å². The van der Waals surface area contributed by atoms with Crippen molar-refractivity contribution in [2.45, 2.75) is 52.3 Å². The van der Waals surface area contributed by atoms with Crippen LogP contribution < -0.4 is 10.6 Å². The number of alkyl carbamates (subject to hydrolysis) is 1. The van der Waals surface area contributed by atoms with E-state index in [9.17, 15) is 9.59 Å². The van der Waals surface area contributed by atoms with Crippen LogP contribution in [0.25, 0.3) is 10.8 Å². The van der Waals surface area contributed by atoms with E-state index < -0.39 is 17.7 Å². The Morgan fingerprint density at radius 2 is 1.60 bits per heavy atom. The molecule has 2 aromatic carbocycles. The van der Waals surface area contributed by atoms with Gasteiger partial charge in [0, 0.05) is 0 Å². The fourth-order valence-electron chi connectivity index (χ4n) is 2.59. The first-order valence-electron chi connectivity index (χ1n) is 8.45. The minimum absolute atomic E-state index is 0.179. The van der Waals surface area contributed by atoms with E-state index in [0.717, 1.165) is 16.3 Å². The van der Waals surface area contributed by atoms with Gasteiger partial charge in [-0.15, -0.1) is 0 Å². The number of benzene rings is 2. The van der Waals surface area contributed by atoms with E-state index in [2.05, 4.69) is 10.6 Å². The van der Waals surface area contributed by atoms with Gasteiger partial charge in [0.15, 0.2) is 0 Å². The third-order valence-electron chi connectivity index (χ3n) is 3.78. The van der Waals surface area contributed by atoms with Gasteiger partial charge in [-0.2, -0.15) is 0 Å². The number of ether oxygens (including phenoxy) is 1. The van der Waals surface area contributed by atoms with Crippen LogP contribution in [0.1, 0.15) is 46.2 Å². The molecule has 1 unspecified atom stereocenters. The number of carbonyl (C=O) groups is 2. The zero-order valence-electron chi connectivity index (χ0n) is 15.4. The summed E-state index contributed by atoms with van der Waals surface area (Å²) in [6.07, 6.45) is -0.604. The molecule has 5 heteroatoms. The number of nitrogens with one attached hydrogen (secondary N) is 2. The van der Waals surface area contributed by atoms with Crippen molar-refractivity contribution < 1.29 is 14.3 Å². The van der Waals surface area contributed by atoms with Gasteiger partial charge >= 0.3 is 6.09 Å². The van der Waals surface area contributed by atoms with Crippen LogP contribution in [0.2, 0.25) is 0 Å². The Hall–Kier alpha value is -2.56. The van der Waals surface area contributed by atoms with Gasteiger partial charge in [-0.25, -0.2) is 4.79 Å². The third-order valence-corrected chi connectivity index (χ3v) is 3.78. The summed E-state index contributed by atoms with van der Waals surface area (Å²) in [6.45, 7) is 8.90. The van der Waals surface area contributed by atoms with Crippen molar-refractivity contribution in [3.8, 4) is 0 Å². The number of rotatable bonds is 4. The molecule has 0 aromatic heterocycles. The van der Waals surface area contributed by atoms with Gasteiger partial charge < -0.3 is 15.4 Å². The van der Waals surface area contributed by atoms with Gasteiger partial charge in [0.05, 0.1) is 6.04 Å². The maximum atomic E-state index is 12.4. The average Bonchev–Trinajstić information content (AvgIpc) is 2.52. The lowest BCUT2D eigenvalue weighted by atomic mass is 9.99. The van der Waals surface area contributed by atoms with Crippen LogP contribution in [-0.4, -0.2) is 23.6 Å². The SMILES string of the molecule is CC(NC(=O)[C@@H](C)NC(=O)OC(C)(C)C)c1cccc2ccccc12. The van der Waals surface area contributed by atoms with E-state index in [0.29, 0.717) is 0 Å². The van der Waals surface area contributed by atoms with Crippen LogP contribution >= 0.6 is 0 Å². The highest BCUT2D eigenvalue weighted by Crippen LogP contribution is 2.24. The highest BCUT2D eigenvalue weighted by molar-refractivity contribution is 5.88. The molecule has 0 bridgehead atoms. The lowest BCUT2D eigenvalue weighted by Crippen LogP contribution is -2.47. The van der Waals surface area contributed by atoms with Crippen LogP contribution in [0.15, 0.2) is 42.5 Å². The Morgan fingerprint density at radius 1 is 0.960 bits per heavy atom. The highest BCUT2D eigenvalue weighted by Gasteiger charge is 2.22. The van der Waals surface area contributed by atoms with Crippen LogP contribution in [-0.2, 0) is 9.53 Å².